The number of hydrogen-bond acceptors (Lipinski definition) is 8. The first-order chi connectivity index (χ1) is 26.9. The van der Waals surface area contributed by atoms with Gasteiger partial charge in [-0.2, -0.15) is 0 Å². The fourth-order valence-electron chi connectivity index (χ4n) is 6.52. The third-order valence-corrected chi connectivity index (χ3v) is 10.5. The van der Waals surface area contributed by atoms with E-state index in [1.807, 2.05) is 66.7 Å². The Kier molecular flexibility index (Phi) is 14.9. The number of unbranched alkanes of at least 4 members (excludes halogenated alkanes) is 6. The van der Waals surface area contributed by atoms with Gasteiger partial charge in [-0.1, -0.05) is 127 Å². The fraction of sp³-hybridized carbons (Fsp3) is 0.312. The van der Waals surface area contributed by atoms with E-state index in [0.29, 0.717) is 35.8 Å². The summed E-state index contributed by atoms with van der Waals surface area (Å²) in [7, 11) is 0. The molecule has 5 rings (SSSR count). The number of thiol groups is 1. The molecule has 0 aromatic heterocycles. The lowest BCUT2D eigenvalue weighted by Crippen LogP contribution is -2.19. The van der Waals surface area contributed by atoms with Crippen LogP contribution in [0.2, 0.25) is 0 Å². The predicted molar refractivity (Wildman–Crippen MR) is 223 cm³/mol. The maximum absolute atomic E-state index is 12.6. The summed E-state index contributed by atoms with van der Waals surface area (Å²) in [6.07, 6.45) is 6.63. The minimum atomic E-state index is -0.808. The molecule has 5 aromatic rings. The van der Waals surface area contributed by atoms with Gasteiger partial charge in [-0.25, -0.2) is 4.79 Å². The van der Waals surface area contributed by atoms with E-state index in [1.165, 1.54) is 5.56 Å². The summed E-state index contributed by atoms with van der Waals surface area (Å²) >= 11 is 4.23. The molecule has 8 heteroatoms. The molecule has 0 unspecified atom stereocenters. The maximum Gasteiger partial charge on any atom is 0.519 e. The highest BCUT2D eigenvalue weighted by molar-refractivity contribution is 7.80. The van der Waals surface area contributed by atoms with E-state index in [-0.39, 0.29) is 22.8 Å². The Labute approximate surface area is 336 Å². The Bertz CT molecular complexity index is 2000. The molecule has 0 saturated carbocycles. The van der Waals surface area contributed by atoms with Crippen LogP contribution in [-0.4, -0.2) is 18.1 Å². The molecule has 0 aliphatic rings. The minimum absolute atomic E-state index is 0.197. The van der Waals surface area contributed by atoms with Crippen molar-refractivity contribution in [2.45, 2.75) is 101 Å². The van der Waals surface area contributed by atoms with Crippen molar-refractivity contribution >= 4 is 30.7 Å². The van der Waals surface area contributed by atoms with Crippen LogP contribution in [0.3, 0.4) is 0 Å². The second kappa shape index (κ2) is 20.0. The van der Waals surface area contributed by atoms with Gasteiger partial charge in [0.25, 0.3) is 0 Å². The van der Waals surface area contributed by atoms with Crippen LogP contribution in [0.25, 0.3) is 0 Å². The van der Waals surface area contributed by atoms with Crippen molar-refractivity contribution in [2.24, 2.45) is 0 Å². The molecule has 0 atom stereocenters. The first-order valence-corrected chi connectivity index (χ1v) is 19.8. The second-order valence-electron chi connectivity index (χ2n) is 15.1. The van der Waals surface area contributed by atoms with Crippen LogP contribution in [0.1, 0.15) is 108 Å². The van der Waals surface area contributed by atoms with Crippen molar-refractivity contribution in [2.75, 3.05) is 0 Å². The summed E-state index contributed by atoms with van der Waals surface area (Å²) in [6.45, 7) is 8.55. The normalized spacial score (nSPS) is 11.4. The van der Waals surface area contributed by atoms with Gasteiger partial charge in [0.2, 0.25) is 0 Å². The van der Waals surface area contributed by atoms with Crippen LogP contribution in [0.5, 0.6) is 23.0 Å². The summed E-state index contributed by atoms with van der Waals surface area (Å²) in [5.74, 6) is 1.39. The zero-order chi connectivity index (χ0) is 40.0. The molecule has 0 saturated heterocycles. The first kappa shape index (κ1) is 41.8. The molecule has 56 heavy (non-hydrogen) atoms. The monoisotopic (exact) mass is 772 g/mol. The molecule has 0 aliphatic heterocycles. The molecule has 5 aromatic carbocycles. The van der Waals surface area contributed by atoms with Crippen LogP contribution in [-0.2, 0) is 20.4 Å². The quantitative estimate of drug-likeness (QED) is 0.0312. The van der Waals surface area contributed by atoms with Crippen LogP contribution < -0.4 is 18.9 Å². The van der Waals surface area contributed by atoms with E-state index < -0.39 is 6.16 Å². The molecule has 0 spiro atoms. The van der Waals surface area contributed by atoms with Crippen molar-refractivity contribution in [3.8, 4) is 23.0 Å². The van der Waals surface area contributed by atoms with Gasteiger partial charge >= 0.3 is 18.1 Å². The van der Waals surface area contributed by atoms with Gasteiger partial charge in [0, 0.05) is 28.6 Å². The molecule has 0 bridgehead atoms. The maximum atomic E-state index is 12.6. The summed E-state index contributed by atoms with van der Waals surface area (Å²) in [5, 5.41) is 0. The minimum Gasteiger partial charge on any atom is -0.427 e. The summed E-state index contributed by atoms with van der Waals surface area (Å²) in [6, 6.07) is 39.8. The topological polar surface area (TPSA) is 88.1 Å². The van der Waals surface area contributed by atoms with Crippen LogP contribution in [0.4, 0.5) is 4.79 Å². The Morgan fingerprint density at radius 3 is 1.09 bits per heavy atom. The van der Waals surface area contributed by atoms with Gasteiger partial charge in [-0.15, -0.1) is 12.6 Å². The molecule has 0 radical (unpaired) electrons. The lowest BCUT2D eigenvalue weighted by Gasteiger charge is -2.26. The summed E-state index contributed by atoms with van der Waals surface area (Å²) in [4.78, 5) is 37.9. The van der Waals surface area contributed by atoms with Crippen molar-refractivity contribution in [3.05, 3.63) is 150 Å². The highest BCUT2D eigenvalue weighted by atomic mass is 32.1. The Balaban J connectivity index is 0.977. The van der Waals surface area contributed by atoms with Crippen LogP contribution in [0, 0.1) is 0 Å². The average molecular weight is 773 g/mol. The number of esters is 2. The van der Waals surface area contributed by atoms with Crippen molar-refractivity contribution in [1.29, 1.82) is 0 Å². The molecule has 0 N–H and O–H groups in total. The third-order valence-electron chi connectivity index (χ3n) is 10.2. The van der Waals surface area contributed by atoms with E-state index in [9.17, 15) is 14.4 Å². The van der Waals surface area contributed by atoms with Crippen molar-refractivity contribution in [1.82, 2.24) is 0 Å². The van der Waals surface area contributed by atoms with Gasteiger partial charge in [-0.3, -0.25) is 9.59 Å². The van der Waals surface area contributed by atoms with Crippen LogP contribution >= 0.6 is 12.6 Å². The molecule has 0 fully saturated rings. The van der Waals surface area contributed by atoms with E-state index >= 15 is 0 Å². The molecular weight excluding hydrogens is 721 g/mol. The standard InChI is InChI=1S/C48H52O7S/c1-47(2,35-15-11-10-12-16-35)36-21-27-41(28-22-36)54-46(51)55-42-29-23-38(24-30-42)48(3,4)37-19-25-39(26-20-37)52-44(49)17-13-8-6-5-7-9-14-18-45(50)53-40-31-33-43(56)34-32-40/h10-12,15-16,19-34,56H,5-9,13-14,17-18H2,1-4H3. The van der Waals surface area contributed by atoms with Gasteiger partial charge in [0.1, 0.15) is 23.0 Å². The molecular formula is C48H52O7S. The third kappa shape index (κ3) is 12.3. The SMILES string of the molecule is CC(C)(c1ccccc1)c1ccc(OC(=O)Oc2ccc(C(C)(C)c3ccc(OC(=O)CCCCCCCCCC(=O)Oc4ccc(S)cc4)cc3)cc2)cc1. The number of benzene rings is 5. The molecule has 292 valence electrons. The number of hydrogen-bond donors (Lipinski definition) is 1. The number of rotatable bonds is 18. The lowest BCUT2D eigenvalue weighted by atomic mass is 9.78. The van der Waals surface area contributed by atoms with E-state index in [0.717, 1.165) is 66.5 Å². The highest BCUT2D eigenvalue weighted by Gasteiger charge is 2.25. The molecule has 7 nitrogen and oxygen atoms in total. The Morgan fingerprint density at radius 2 is 0.714 bits per heavy atom. The summed E-state index contributed by atoms with van der Waals surface area (Å²) < 4.78 is 21.9. The van der Waals surface area contributed by atoms with E-state index in [4.69, 9.17) is 18.9 Å². The zero-order valence-corrected chi connectivity index (χ0v) is 33.7. The second-order valence-corrected chi connectivity index (χ2v) is 15.6. The average Bonchev–Trinajstić information content (AvgIpc) is 3.19. The van der Waals surface area contributed by atoms with Crippen LogP contribution in [0.15, 0.2) is 132 Å². The number of carbonyl (C=O) groups excluding carboxylic acids is 3. The highest BCUT2D eigenvalue weighted by Crippen LogP contribution is 2.34. The lowest BCUT2D eigenvalue weighted by molar-refractivity contribution is -0.135. The Hall–Kier alpha value is -5.34. The zero-order valence-electron chi connectivity index (χ0n) is 32.8. The smallest absolute Gasteiger partial charge is 0.427 e. The van der Waals surface area contributed by atoms with Gasteiger partial charge in [-0.05, 0) is 95.8 Å². The number of ether oxygens (including phenoxy) is 4. The Morgan fingerprint density at radius 1 is 0.411 bits per heavy atom. The molecule has 0 aliphatic carbocycles. The fourth-order valence-corrected chi connectivity index (χ4v) is 6.67. The largest absolute Gasteiger partial charge is 0.519 e. The van der Waals surface area contributed by atoms with Crippen molar-refractivity contribution < 1.29 is 33.3 Å². The predicted octanol–water partition coefficient (Wildman–Crippen LogP) is 12.2. The first-order valence-electron chi connectivity index (χ1n) is 19.4. The summed E-state index contributed by atoms with van der Waals surface area (Å²) in [5.41, 5.74) is 3.82. The van der Waals surface area contributed by atoms with Crippen molar-refractivity contribution in [3.63, 3.8) is 0 Å². The van der Waals surface area contributed by atoms with E-state index in [2.05, 4.69) is 52.5 Å². The van der Waals surface area contributed by atoms with E-state index in [1.54, 1.807) is 48.5 Å². The van der Waals surface area contributed by atoms with Gasteiger partial charge < -0.3 is 18.9 Å². The van der Waals surface area contributed by atoms with Gasteiger partial charge in [0.05, 0.1) is 0 Å². The number of carbonyl (C=O) groups is 3. The van der Waals surface area contributed by atoms with Gasteiger partial charge in [0.15, 0.2) is 0 Å². The molecule has 0 heterocycles. The molecule has 0 amide bonds.